The van der Waals surface area contributed by atoms with Crippen LogP contribution in [0, 0.1) is 0 Å². The number of para-hydroxylation sites is 1. The third-order valence-electron chi connectivity index (χ3n) is 6.65. The molecule has 0 fully saturated rings. The lowest BCUT2D eigenvalue weighted by Crippen LogP contribution is -2.42. The van der Waals surface area contributed by atoms with Crippen molar-refractivity contribution in [1.29, 1.82) is 0 Å². The summed E-state index contributed by atoms with van der Waals surface area (Å²) in [5.41, 5.74) is 7.41. The number of nitrogens with two attached hydrogens (primary N) is 1. The molecule has 2 heterocycles. The molecule has 0 aliphatic carbocycles. The molecule has 0 bridgehead atoms. The second-order valence-electron chi connectivity index (χ2n) is 8.97. The second-order valence-corrected chi connectivity index (χ2v) is 8.97. The largest absolute Gasteiger partial charge is 0.454 e. The maximum Gasteiger partial charge on any atom is 0.339 e. The van der Waals surface area contributed by atoms with Crippen LogP contribution in [0.4, 0.5) is 5.82 Å². The molecule has 0 saturated heterocycles. The molecule has 0 aliphatic rings. The monoisotopic (exact) mass is 500 g/mol. The molecule has 37 heavy (non-hydrogen) atoms. The number of benzene rings is 2. The summed E-state index contributed by atoms with van der Waals surface area (Å²) in [5, 5.41) is 0.567. The molecular formula is C28H28N4O5. The number of ketones is 1. The number of hydrogen-bond acceptors (Lipinski definition) is 7. The van der Waals surface area contributed by atoms with Crippen LogP contribution < -0.4 is 17.0 Å². The molecule has 0 saturated carbocycles. The number of fused-ring (bicyclic) bond motifs is 1. The normalized spacial score (nSPS) is 11.9. The van der Waals surface area contributed by atoms with Crippen LogP contribution in [-0.4, -0.2) is 32.5 Å². The van der Waals surface area contributed by atoms with Gasteiger partial charge in [0.15, 0.2) is 6.61 Å². The van der Waals surface area contributed by atoms with E-state index in [0.717, 1.165) is 21.1 Å². The van der Waals surface area contributed by atoms with Gasteiger partial charge in [-0.25, -0.2) is 14.6 Å². The van der Waals surface area contributed by atoms with Crippen molar-refractivity contribution < 1.29 is 14.3 Å². The fraction of sp³-hybridized carbons (Fsp3) is 0.250. The lowest BCUT2D eigenvalue weighted by molar-refractivity contribution is 0.0476. The average Bonchev–Trinajstić information content (AvgIpc) is 2.92. The lowest BCUT2D eigenvalue weighted by Gasteiger charge is -2.13. The van der Waals surface area contributed by atoms with Crippen molar-refractivity contribution in [3.8, 4) is 11.3 Å². The standard InChI is InChI=1S/C28H28N4O5/c1-5-16(2)17-10-12-18(13-11-17)22-14-20(19-8-6-7-9-21(19)30-22)27(35)37-15-23(33)24-25(29)31(3)28(36)32(4)26(24)34/h6-14,16H,5,15,29H2,1-4H3/t16-/m1/s1. The Morgan fingerprint density at radius 3 is 2.38 bits per heavy atom. The Labute approximate surface area is 213 Å². The molecule has 2 N–H and O–H groups in total. The summed E-state index contributed by atoms with van der Waals surface area (Å²) in [6.45, 7) is 3.58. The van der Waals surface area contributed by atoms with Crippen molar-refractivity contribution in [2.45, 2.75) is 26.2 Å². The fourth-order valence-electron chi connectivity index (χ4n) is 4.11. The maximum absolute atomic E-state index is 13.1. The Kier molecular flexibility index (Phi) is 7.06. The van der Waals surface area contributed by atoms with Crippen LogP contribution in [0.3, 0.4) is 0 Å². The molecule has 2 aromatic heterocycles. The van der Waals surface area contributed by atoms with Crippen molar-refractivity contribution in [2.24, 2.45) is 14.1 Å². The molecule has 0 radical (unpaired) electrons. The first-order valence-corrected chi connectivity index (χ1v) is 11.9. The van der Waals surface area contributed by atoms with Gasteiger partial charge >= 0.3 is 11.7 Å². The number of ether oxygens (including phenoxy) is 1. The summed E-state index contributed by atoms with van der Waals surface area (Å²) in [4.78, 5) is 55.2. The molecule has 0 amide bonds. The first kappa shape index (κ1) is 25.6. The molecule has 1 atom stereocenters. The molecule has 9 heteroatoms. The number of anilines is 1. The summed E-state index contributed by atoms with van der Waals surface area (Å²) in [7, 11) is 2.59. The third-order valence-corrected chi connectivity index (χ3v) is 6.65. The lowest BCUT2D eigenvalue weighted by atomic mass is 9.96. The highest BCUT2D eigenvalue weighted by molar-refractivity contribution is 6.06. The molecule has 190 valence electrons. The van der Waals surface area contributed by atoms with E-state index < -0.39 is 35.2 Å². The van der Waals surface area contributed by atoms with Crippen LogP contribution >= 0.6 is 0 Å². The summed E-state index contributed by atoms with van der Waals surface area (Å²) in [5.74, 6) is -1.41. The molecule has 9 nitrogen and oxygen atoms in total. The third kappa shape index (κ3) is 4.80. The number of rotatable bonds is 7. The van der Waals surface area contributed by atoms with Gasteiger partial charge in [-0.05, 0) is 30.0 Å². The number of nitrogen functional groups attached to an aromatic ring is 1. The van der Waals surface area contributed by atoms with Gasteiger partial charge in [-0.1, -0.05) is 56.3 Å². The Bertz CT molecular complexity index is 1630. The van der Waals surface area contributed by atoms with Crippen molar-refractivity contribution in [2.75, 3.05) is 12.3 Å². The predicted octanol–water partition coefficient (Wildman–Crippen LogP) is 3.43. The maximum atomic E-state index is 13.1. The Balaban J connectivity index is 1.66. The minimum absolute atomic E-state index is 0.237. The highest BCUT2D eigenvalue weighted by Gasteiger charge is 2.23. The minimum atomic E-state index is -0.848. The quantitative estimate of drug-likeness (QED) is 0.304. The Hall–Kier alpha value is -4.53. The van der Waals surface area contributed by atoms with Crippen LogP contribution in [-0.2, 0) is 18.8 Å². The van der Waals surface area contributed by atoms with Crippen molar-refractivity contribution in [3.05, 3.63) is 92.1 Å². The average molecular weight is 501 g/mol. The zero-order valence-corrected chi connectivity index (χ0v) is 21.1. The Morgan fingerprint density at radius 1 is 1.03 bits per heavy atom. The van der Waals surface area contributed by atoms with E-state index in [4.69, 9.17) is 15.5 Å². The van der Waals surface area contributed by atoms with Crippen molar-refractivity contribution >= 4 is 28.5 Å². The predicted molar refractivity (Wildman–Crippen MR) is 142 cm³/mol. The first-order chi connectivity index (χ1) is 17.6. The molecule has 0 aliphatic heterocycles. The van der Waals surface area contributed by atoms with Gasteiger partial charge < -0.3 is 10.5 Å². The first-order valence-electron chi connectivity index (χ1n) is 11.9. The van der Waals surface area contributed by atoms with Gasteiger partial charge in [0, 0.05) is 25.0 Å². The van der Waals surface area contributed by atoms with Crippen LogP contribution in [0.5, 0.6) is 0 Å². The number of carbonyl (C=O) groups excluding carboxylic acids is 2. The number of pyridine rings is 1. The van der Waals surface area contributed by atoms with Gasteiger partial charge in [0.05, 0.1) is 16.8 Å². The molecular weight excluding hydrogens is 472 g/mol. The van der Waals surface area contributed by atoms with Crippen LogP contribution in [0.25, 0.3) is 22.2 Å². The topological polar surface area (TPSA) is 126 Å². The van der Waals surface area contributed by atoms with Crippen LogP contribution in [0.2, 0.25) is 0 Å². The summed E-state index contributed by atoms with van der Waals surface area (Å²) < 4.78 is 7.09. The van der Waals surface area contributed by atoms with E-state index >= 15 is 0 Å². The van der Waals surface area contributed by atoms with Gasteiger partial charge in [0.25, 0.3) is 5.56 Å². The zero-order chi connectivity index (χ0) is 26.9. The molecule has 0 spiro atoms. The highest BCUT2D eigenvalue weighted by Crippen LogP contribution is 2.27. The van der Waals surface area contributed by atoms with Gasteiger partial charge in [-0.15, -0.1) is 0 Å². The Morgan fingerprint density at radius 2 is 1.70 bits per heavy atom. The van der Waals surface area contributed by atoms with E-state index in [9.17, 15) is 19.2 Å². The van der Waals surface area contributed by atoms with Gasteiger partial charge in [-0.3, -0.25) is 18.7 Å². The molecule has 4 rings (SSSR count). The van der Waals surface area contributed by atoms with Gasteiger partial charge in [0.2, 0.25) is 5.78 Å². The van der Waals surface area contributed by atoms with E-state index in [-0.39, 0.29) is 11.4 Å². The summed E-state index contributed by atoms with van der Waals surface area (Å²) in [6.07, 6.45) is 1.03. The van der Waals surface area contributed by atoms with E-state index in [1.54, 1.807) is 24.3 Å². The molecule has 2 aromatic carbocycles. The van der Waals surface area contributed by atoms with Crippen LogP contribution in [0.1, 0.15) is 52.5 Å². The van der Waals surface area contributed by atoms with Crippen molar-refractivity contribution in [3.63, 3.8) is 0 Å². The summed E-state index contributed by atoms with van der Waals surface area (Å²) >= 11 is 0. The number of esters is 1. The van der Waals surface area contributed by atoms with Crippen LogP contribution in [0.15, 0.2) is 64.2 Å². The summed E-state index contributed by atoms with van der Waals surface area (Å²) in [6, 6.07) is 16.8. The number of Topliss-reactive ketones (excluding diaryl/α,β-unsaturated/α-hetero) is 1. The minimum Gasteiger partial charge on any atom is -0.454 e. The molecule has 0 unspecified atom stereocenters. The van der Waals surface area contributed by atoms with Gasteiger partial charge in [0.1, 0.15) is 11.4 Å². The number of hydrogen-bond donors (Lipinski definition) is 1. The highest BCUT2D eigenvalue weighted by atomic mass is 16.5. The van der Waals surface area contributed by atoms with E-state index in [1.807, 2.05) is 18.2 Å². The van der Waals surface area contributed by atoms with Gasteiger partial charge in [-0.2, -0.15) is 0 Å². The SMILES string of the molecule is CC[C@@H](C)c1ccc(-c2cc(C(=O)OCC(=O)c3c(N)n(C)c(=O)n(C)c3=O)c3ccccc3n2)cc1. The number of carbonyl (C=O) groups is 2. The van der Waals surface area contributed by atoms with E-state index in [1.165, 1.54) is 19.7 Å². The van der Waals surface area contributed by atoms with E-state index in [2.05, 4.69) is 26.0 Å². The number of aromatic nitrogens is 3. The number of nitrogens with zero attached hydrogens (tertiary/aromatic N) is 3. The fourth-order valence-corrected chi connectivity index (χ4v) is 4.11. The smallest absolute Gasteiger partial charge is 0.339 e. The molecule has 4 aromatic rings. The van der Waals surface area contributed by atoms with E-state index in [0.29, 0.717) is 22.5 Å². The second kappa shape index (κ2) is 10.2. The van der Waals surface area contributed by atoms with Crippen molar-refractivity contribution in [1.82, 2.24) is 14.1 Å². The zero-order valence-electron chi connectivity index (χ0n) is 21.1.